The quantitative estimate of drug-likeness (QED) is 0.839. The molecule has 4 heteroatoms. The fourth-order valence-electron chi connectivity index (χ4n) is 3.02. The topological polar surface area (TPSA) is 47.0 Å². The normalized spacial score (nSPS) is 19.9. The van der Waals surface area contributed by atoms with Gasteiger partial charge in [-0.15, -0.1) is 0 Å². The Morgan fingerprint density at radius 2 is 2.00 bits per heavy atom. The van der Waals surface area contributed by atoms with E-state index in [2.05, 4.69) is 33.0 Å². The first-order valence-electron chi connectivity index (χ1n) is 8.25. The number of aryl methyl sites for hydroxylation is 2. The number of hydrogen-bond donors (Lipinski definition) is 1. The number of nitrogens with zero attached hydrogens (tertiary/aromatic N) is 2. The highest BCUT2D eigenvalue weighted by atomic mass is 16.5. The molecule has 1 N–H and O–H groups in total. The predicted molar refractivity (Wildman–Crippen MR) is 85.6 cm³/mol. The van der Waals surface area contributed by atoms with Crippen molar-refractivity contribution in [2.24, 2.45) is 5.92 Å². The van der Waals surface area contributed by atoms with Gasteiger partial charge in [0.25, 0.3) is 0 Å². The standard InChI is InChI=1S/C17H29N3O/c1-5-18-11-12(2)9-16-13(3)19-17(20-14(16)4)10-15-7-6-8-21-15/h12,15,18H,5-11H2,1-4H3. The summed E-state index contributed by atoms with van der Waals surface area (Å²) in [4.78, 5) is 9.44. The summed E-state index contributed by atoms with van der Waals surface area (Å²) in [6.45, 7) is 11.6. The lowest BCUT2D eigenvalue weighted by Crippen LogP contribution is -2.23. The zero-order valence-corrected chi connectivity index (χ0v) is 13.9. The molecule has 1 saturated heterocycles. The summed E-state index contributed by atoms with van der Waals surface area (Å²) in [5, 5.41) is 3.41. The third-order valence-electron chi connectivity index (χ3n) is 4.20. The van der Waals surface area contributed by atoms with Crippen LogP contribution in [0.1, 0.15) is 49.5 Å². The van der Waals surface area contributed by atoms with Crippen LogP contribution in [0.4, 0.5) is 0 Å². The maximum Gasteiger partial charge on any atom is 0.131 e. The van der Waals surface area contributed by atoms with Gasteiger partial charge < -0.3 is 10.1 Å². The van der Waals surface area contributed by atoms with E-state index < -0.39 is 0 Å². The lowest BCUT2D eigenvalue weighted by Gasteiger charge is -2.16. The first-order valence-corrected chi connectivity index (χ1v) is 8.25. The van der Waals surface area contributed by atoms with Crippen molar-refractivity contribution in [3.63, 3.8) is 0 Å². The minimum Gasteiger partial charge on any atom is -0.378 e. The Kier molecular flexibility index (Phi) is 6.12. The number of ether oxygens (including phenoxy) is 1. The molecule has 2 heterocycles. The summed E-state index contributed by atoms with van der Waals surface area (Å²) >= 11 is 0. The molecule has 2 rings (SSSR count). The molecule has 2 atom stereocenters. The van der Waals surface area contributed by atoms with E-state index in [0.29, 0.717) is 12.0 Å². The molecule has 2 unspecified atom stereocenters. The van der Waals surface area contributed by atoms with Crippen molar-refractivity contribution in [3.05, 3.63) is 22.8 Å². The van der Waals surface area contributed by atoms with Crippen LogP contribution in [0.15, 0.2) is 0 Å². The molecule has 4 nitrogen and oxygen atoms in total. The molecule has 0 aromatic carbocycles. The van der Waals surface area contributed by atoms with Gasteiger partial charge in [-0.1, -0.05) is 13.8 Å². The molecule has 0 bridgehead atoms. The second-order valence-corrected chi connectivity index (χ2v) is 6.25. The zero-order chi connectivity index (χ0) is 15.2. The molecule has 1 fully saturated rings. The Bertz CT molecular complexity index is 432. The van der Waals surface area contributed by atoms with Gasteiger partial charge in [0.15, 0.2) is 0 Å². The van der Waals surface area contributed by atoms with Crippen molar-refractivity contribution >= 4 is 0 Å². The number of aromatic nitrogens is 2. The average Bonchev–Trinajstić information content (AvgIpc) is 2.93. The van der Waals surface area contributed by atoms with Gasteiger partial charge in [0.05, 0.1) is 6.10 Å². The molecule has 0 amide bonds. The maximum absolute atomic E-state index is 5.69. The highest BCUT2D eigenvalue weighted by Gasteiger charge is 2.19. The molecule has 0 aliphatic carbocycles. The fraction of sp³-hybridized carbons (Fsp3) is 0.765. The Balaban J connectivity index is 2.02. The summed E-state index contributed by atoms with van der Waals surface area (Å²) in [7, 11) is 0. The highest BCUT2D eigenvalue weighted by molar-refractivity contribution is 5.25. The van der Waals surface area contributed by atoms with E-state index in [-0.39, 0.29) is 0 Å². The van der Waals surface area contributed by atoms with Crippen LogP contribution in [0.5, 0.6) is 0 Å². The minimum absolute atomic E-state index is 0.322. The van der Waals surface area contributed by atoms with E-state index in [9.17, 15) is 0 Å². The Labute approximate surface area is 128 Å². The summed E-state index contributed by atoms with van der Waals surface area (Å²) in [6.07, 6.45) is 4.54. The SMILES string of the molecule is CCNCC(C)Cc1c(C)nc(CC2CCCO2)nc1C. The molecular weight excluding hydrogens is 262 g/mol. The van der Waals surface area contributed by atoms with Crippen molar-refractivity contribution < 1.29 is 4.74 Å². The molecule has 1 aliphatic rings. The van der Waals surface area contributed by atoms with E-state index in [1.165, 1.54) is 12.0 Å². The molecular formula is C17H29N3O. The first-order chi connectivity index (χ1) is 10.1. The number of nitrogens with one attached hydrogen (secondary N) is 1. The van der Waals surface area contributed by atoms with Gasteiger partial charge >= 0.3 is 0 Å². The number of rotatable bonds is 7. The van der Waals surface area contributed by atoms with Crippen LogP contribution < -0.4 is 5.32 Å². The molecule has 0 radical (unpaired) electrons. The molecule has 0 saturated carbocycles. The van der Waals surface area contributed by atoms with Gasteiger partial charge in [0.2, 0.25) is 0 Å². The van der Waals surface area contributed by atoms with Crippen LogP contribution in [-0.2, 0) is 17.6 Å². The average molecular weight is 291 g/mol. The van der Waals surface area contributed by atoms with E-state index in [1.807, 2.05) is 0 Å². The lowest BCUT2D eigenvalue weighted by atomic mass is 9.98. The Morgan fingerprint density at radius 3 is 2.57 bits per heavy atom. The van der Waals surface area contributed by atoms with Gasteiger partial charge in [-0.25, -0.2) is 9.97 Å². The van der Waals surface area contributed by atoms with Crippen molar-refractivity contribution in [3.8, 4) is 0 Å². The molecule has 118 valence electrons. The van der Waals surface area contributed by atoms with E-state index in [1.54, 1.807) is 0 Å². The molecule has 1 aromatic heterocycles. The molecule has 1 aliphatic heterocycles. The summed E-state index contributed by atoms with van der Waals surface area (Å²) in [5.41, 5.74) is 3.59. The van der Waals surface area contributed by atoms with Crippen molar-refractivity contribution in [2.45, 2.75) is 59.5 Å². The molecule has 1 aromatic rings. The van der Waals surface area contributed by atoms with Crippen molar-refractivity contribution in [1.29, 1.82) is 0 Å². The molecule has 0 spiro atoms. The maximum atomic E-state index is 5.69. The van der Waals surface area contributed by atoms with Gasteiger partial charge in [-0.3, -0.25) is 0 Å². The third-order valence-corrected chi connectivity index (χ3v) is 4.20. The Morgan fingerprint density at radius 1 is 1.29 bits per heavy atom. The fourth-order valence-corrected chi connectivity index (χ4v) is 3.02. The second-order valence-electron chi connectivity index (χ2n) is 6.25. The van der Waals surface area contributed by atoms with Crippen LogP contribution in [0, 0.1) is 19.8 Å². The summed E-state index contributed by atoms with van der Waals surface area (Å²) in [6, 6.07) is 0. The smallest absolute Gasteiger partial charge is 0.131 e. The van der Waals surface area contributed by atoms with E-state index >= 15 is 0 Å². The number of hydrogen-bond acceptors (Lipinski definition) is 4. The van der Waals surface area contributed by atoms with E-state index in [4.69, 9.17) is 14.7 Å². The van der Waals surface area contributed by atoms with Crippen LogP contribution in [0.2, 0.25) is 0 Å². The zero-order valence-electron chi connectivity index (χ0n) is 13.9. The largest absolute Gasteiger partial charge is 0.378 e. The van der Waals surface area contributed by atoms with Gasteiger partial charge in [0.1, 0.15) is 5.82 Å². The van der Waals surface area contributed by atoms with Crippen LogP contribution in [-0.4, -0.2) is 35.8 Å². The summed E-state index contributed by atoms with van der Waals surface area (Å²) < 4.78 is 5.69. The van der Waals surface area contributed by atoms with Gasteiger partial charge in [0, 0.05) is 24.4 Å². The van der Waals surface area contributed by atoms with Crippen molar-refractivity contribution in [1.82, 2.24) is 15.3 Å². The lowest BCUT2D eigenvalue weighted by molar-refractivity contribution is 0.110. The molecule has 21 heavy (non-hydrogen) atoms. The predicted octanol–water partition coefficient (Wildman–Crippen LogP) is 2.60. The van der Waals surface area contributed by atoms with Crippen molar-refractivity contribution in [2.75, 3.05) is 19.7 Å². The minimum atomic E-state index is 0.322. The van der Waals surface area contributed by atoms with Crippen LogP contribution in [0.3, 0.4) is 0 Å². The third kappa shape index (κ3) is 4.75. The Hall–Kier alpha value is -1.00. The van der Waals surface area contributed by atoms with Gasteiger partial charge in [-0.2, -0.15) is 0 Å². The van der Waals surface area contributed by atoms with Crippen LogP contribution >= 0.6 is 0 Å². The van der Waals surface area contributed by atoms with Crippen LogP contribution in [0.25, 0.3) is 0 Å². The second kappa shape index (κ2) is 7.85. The highest BCUT2D eigenvalue weighted by Crippen LogP contribution is 2.19. The monoisotopic (exact) mass is 291 g/mol. The van der Waals surface area contributed by atoms with E-state index in [0.717, 1.165) is 56.2 Å². The first kappa shape index (κ1) is 16.4. The summed E-state index contributed by atoms with van der Waals surface area (Å²) in [5.74, 6) is 1.55. The van der Waals surface area contributed by atoms with Gasteiger partial charge in [-0.05, 0) is 57.7 Å².